The van der Waals surface area contributed by atoms with Gasteiger partial charge in [-0.3, -0.25) is 9.51 Å². The number of nitrogens with one attached hydrogen (secondary N) is 1. The van der Waals surface area contributed by atoms with E-state index < -0.39 is 5.76 Å². The number of H-pyrrole nitrogens is 1. The van der Waals surface area contributed by atoms with Gasteiger partial charge in [-0.25, -0.2) is 4.79 Å². The lowest BCUT2D eigenvalue weighted by atomic mass is 10.2. The molecule has 1 N–H and O–H groups in total. The van der Waals surface area contributed by atoms with Crippen LogP contribution in [0.4, 0.5) is 0 Å². The molecule has 1 aromatic heterocycles. The molecule has 0 aliphatic carbocycles. The molecule has 6 heteroatoms. The standard InChI is InChI=1S/C9H7ClN2O3/c1-14-5-2-3-6(7(10)4-5)8-11-9(13)15-12-8/h2-4H,1H3,(H,11,12,13). The summed E-state index contributed by atoms with van der Waals surface area (Å²) in [6.45, 7) is 0. The largest absolute Gasteiger partial charge is 0.497 e. The molecule has 0 amide bonds. The van der Waals surface area contributed by atoms with E-state index in [1.807, 2.05) is 0 Å². The van der Waals surface area contributed by atoms with Crippen LogP contribution in [0.2, 0.25) is 5.02 Å². The summed E-state index contributed by atoms with van der Waals surface area (Å²) in [5, 5.41) is 3.96. The Hall–Kier alpha value is -1.75. The molecule has 78 valence electrons. The zero-order valence-electron chi connectivity index (χ0n) is 7.78. The van der Waals surface area contributed by atoms with Crippen molar-refractivity contribution in [1.29, 1.82) is 0 Å². The number of ether oxygens (including phenoxy) is 1. The summed E-state index contributed by atoms with van der Waals surface area (Å²) in [5.41, 5.74) is 0.586. The van der Waals surface area contributed by atoms with Crippen LogP contribution >= 0.6 is 11.6 Å². The highest BCUT2D eigenvalue weighted by Crippen LogP contribution is 2.28. The second kappa shape index (κ2) is 3.78. The van der Waals surface area contributed by atoms with Gasteiger partial charge in [0.1, 0.15) is 5.75 Å². The summed E-state index contributed by atoms with van der Waals surface area (Å²) in [6.07, 6.45) is 0. The first-order valence-corrected chi connectivity index (χ1v) is 4.48. The van der Waals surface area contributed by atoms with Crippen molar-refractivity contribution in [3.8, 4) is 17.1 Å². The summed E-state index contributed by atoms with van der Waals surface area (Å²) in [4.78, 5) is 13.2. The van der Waals surface area contributed by atoms with Crippen molar-refractivity contribution in [2.24, 2.45) is 0 Å². The fourth-order valence-corrected chi connectivity index (χ4v) is 1.42. The van der Waals surface area contributed by atoms with E-state index in [-0.39, 0.29) is 0 Å². The van der Waals surface area contributed by atoms with Gasteiger partial charge >= 0.3 is 5.76 Å². The minimum atomic E-state index is -0.614. The van der Waals surface area contributed by atoms with Crippen LogP contribution in [0, 0.1) is 0 Å². The number of benzene rings is 1. The highest BCUT2D eigenvalue weighted by atomic mass is 35.5. The third kappa shape index (κ3) is 1.87. The van der Waals surface area contributed by atoms with Gasteiger partial charge in [0.2, 0.25) is 0 Å². The number of methoxy groups -OCH3 is 1. The Morgan fingerprint density at radius 2 is 2.33 bits per heavy atom. The average molecular weight is 227 g/mol. The Kier molecular flexibility index (Phi) is 2.47. The first-order chi connectivity index (χ1) is 7.20. The Labute approximate surface area is 89.6 Å². The highest BCUT2D eigenvalue weighted by Gasteiger charge is 2.09. The second-order valence-electron chi connectivity index (χ2n) is 2.79. The average Bonchev–Trinajstić information content (AvgIpc) is 2.64. The van der Waals surface area contributed by atoms with Crippen LogP contribution in [0.3, 0.4) is 0 Å². The highest BCUT2D eigenvalue weighted by molar-refractivity contribution is 6.33. The Balaban J connectivity index is 2.49. The lowest BCUT2D eigenvalue weighted by molar-refractivity contribution is 0.388. The van der Waals surface area contributed by atoms with E-state index in [1.54, 1.807) is 25.3 Å². The number of aromatic nitrogens is 2. The van der Waals surface area contributed by atoms with Gasteiger partial charge in [0.15, 0.2) is 5.82 Å². The molecular formula is C9H7ClN2O3. The Morgan fingerprint density at radius 1 is 1.53 bits per heavy atom. The van der Waals surface area contributed by atoms with Crippen molar-refractivity contribution in [2.75, 3.05) is 7.11 Å². The molecule has 0 atom stereocenters. The molecule has 15 heavy (non-hydrogen) atoms. The van der Waals surface area contributed by atoms with Crippen LogP contribution in [0.5, 0.6) is 5.75 Å². The molecule has 0 radical (unpaired) electrons. The van der Waals surface area contributed by atoms with Gasteiger partial charge in [-0.1, -0.05) is 16.8 Å². The zero-order valence-corrected chi connectivity index (χ0v) is 8.54. The molecular weight excluding hydrogens is 220 g/mol. The third-order valence-corrected chi connectivity index (χ3v) is 2.18. The fourth-order valence-electron chi connectivity index (χ4n) is 1.16. The first-order valence-electron chi connectivity index (χ1n) is 4.10. The van der Waals surface area contributed by atoms with Crippen molar-refractivity contribution in [1.82, 2.24) is 10.1 Å². The minimum Gasteiger partial charge on any atom is -0.497 e. The monoisotopic (exact) mass is 226 g/mol. The third-order valence-electron chi connectivity index (χ3n) is 1.87. The summed E-state index contributed by atoms with van der Waals surface area (Å²) >= 11 is 5.97. The molecule has 0 saturated heterocycles. The van der Waals surface area contributed by atoms with Gasteiger partial charge < -0.3 is 4.74 Å². The van der Waals surface area contributed by atoms with Crippen molar-refractivity contribution < 1.29 is 9.26 Å². The molecule has 0 aliphatic heterocycles. The number of aromatic amines is 1. The van der Waals surface area contributed by atoms with E-state index in [9.17, 15) is 4.79 Å². The normalized spacial score (nSPS) is 10.3. The minimum absolute atomic E-state index is 0.299. The Bertz CT molecular complexity index is 532. The lowest BCUT2D eigenvalue weighted by Gasteiger charge is -2.02. The van der Waals surface area contributed by atoms with Crippen LogP contribution in [0.25, 0.3) is 11.4 Å². The van der Waals surface area contributed by atoms with Crippen LogP contribution in [-0.2, 0) is 0 Å². The van der Waals surface area contributed by atoms with Crippen LogP contribution in [0.15, 0.2) is 27.5 Å². The van der Waals surface area contributed by atoms with Crippen LogP contribution < -0.4 is 10.5 Å². The number of rotatable bonds is 2. The van der Waals surface area contributed by atoms with E-state index in [2.05, 4.69) is 14.7 Å². The predicted octanol–water partition coefficient (Wildman–Crippen LogP) is 1.69. The molecule has 0 fully saturated rings. The van der Waals surface area contributed by atoms with Gasteiger partial charge in [-0.05, 0) is 18.2 Å². The maximum Gasteiger partial charge on any atom is 0.439 e. The SMILES string of the molecule is COc1ccc(-c2noc(=O)[nH]2)c(Cl)c1. The molecule has 1 heterocycles. The molecule has 1 aromatic carbocycles. The lowest BCUT2D eigenvalue weighted by Crippen LogP contribution is -1.95. The van der Waals surface area contributed by atoms with Gasteiger partial charge in [0, 0.05) is 5.56 Å². The number of nitrogens with zero attached hydrogens (tertiary/aromatic N) is 1. The molecule has 5 nitrogen and oxygen atoms in total. The van der Waals surface area contributed by atoms with Crippen LogP contribution in [-0.4, -0.2) is 17.3 Å². The van der Waals surface area contributed by atoms with Crippen LogP contribution in [0.1, 0.15) is 0 Å². The number of hydrogen-bond donors (Lipinski definition) is 1. The topological polar surface area (TPSA) is 68.1 Å². The van der Waals surface area contributed by atoms with Gasteiger partial charge in [0.05, 0.1) is 12.1 Å². The molecule has 0 unspecified atom stereocenters. The molecule has 0 aliphatic rings. The number of halogens is 1. The first kappa shape index (κ1) is 9.79. The van der Waals surface area contributed by atoms with E-state index in [0.29, 0.717) is 22.2 Å². The fraction of sp³-hybridized carbons (Fsp3) is 0.111. The molecule has 2 aromatic rings. The molecule has 2 rings (SSSR count). The summed E-state index contributed by atoms with van der Waals surface area (Å²) < 4.78 is 9.37. The molecule has 0 bridgehead atoms. The summed E-state index contributed by atoms with van der Waals surface area (Å²) in [6, 6.07) is 5.03. The van der Waals surface area contributed by atoms with Gasteiger partial charge in [0.25, 0.3) is 0 Å². The maximum absolute atomic E-state index is 10.7. The maximum atomic E-state index is 10.7. The smallest absolute Gasteiger partial charge is 0.439 e. The van der Waals surface area contributed by atoms with Crippen molar-refractivity contribution in [3.05, 3.63) is 33.8 Å². The quantitative estimate of drug-likeness (QED) is 0.846. The predicted molar refractivity (Wildman–Crippen MR) is 54.1 cm³/mol. The van der Waals surface area contributed by atoms with Crippen molar-refractivity contribution in [3.63, 3.8) is 0 Å². The molecule has 0 saturated carbocycles. The summed E-state index contributed by atoms with van der Waals surface area (Å²) in [5.74, 6) is 0.319. The van der Waals surface area contributed by atoms with Gasteiger partial charge in [-0.15, -0.1) is 0 Å². The van der Waals surface area contributed by atoms with Crippen molar-refractivity contribution >= 4 is 11.6 Å². The Morgan fingerprint density at radius 3 is 2.87 bits per heavy atom. The zero-order chi connectivity index (χ0) is 10.8. The van der Waals surface area contributed by atoms with Crippen molar-refractivity contribution in [2.45, 2.75) is 0 Å². The van der Waals surface area contributed by atoms with Gasteiger partial charge in [-0.2, -0.15) is 0 Å². The van der Waals surface area contributed by atoms with E-state index >= 15 is 0 Å². The van der Waals surface area contributed by atoms with E-state index in [4.69, 9.17) is 16.3 Å². The number of hydrogen-bond acceptors (Lipinski definition) is 4. The molecule has 0 spiro atoms. The second-order valence-corrected chi connectivity index (χ2v) is 3.20. The van der Waals surface area contributed by atoms with E-state index in [0.717, 1.165) is 0 Å². The summed E-state index contributed by atoms with van der Waals surface area (Å²) in [7, 11) is 1.54. The van der Waals surface area contributed by atoms with E-state index in [1.165, 1.54) is 0 Å².